The highest BCUT2D eigenvalue weighted by molar-refractivity contribution is 5.69. The maximum Gasteiger partial charge on any atom is 0.278 e. The molecule has 7 nitrogen and oxygen atoms in total. The molecule has 15 heavy (non-hydrogen) atoms. The molecule has 0 unspecified atom stereocenters. The molecular weight excluding hydrogens is 196 g/mol. The van der Waals surface area contributed by atoms with Crippen LogP contribution >= 0.6 is 0 Å². The zero-order valence-corrected chi connectivity index (χ0v) is 8.90. The van der Waals surface area contributed by atoms with Gasteiger partial charge in [0.2, 0.25) is 5.95 Å². The molecule has 2 heterocycles. The molecular formula is C8H14N6O. The van der Waals surface area contributed by atoms with Gasteiger partial charge in [0.15, 0.2) is 11.2 Å². The van der Waals surface area contributed by atoms with Crippen LogP contribution in [0.15, 0.2) is 11.1 Å². The van der Waals surface area contributed by atoms with E-state index in [2.05, 4.69) is 19.9 Å². The van der Waals surface area contributed by atoms with E-state index in [1.807, 2.05) is 26.0 Å². The van der Waals surface area contributed by atoms with E-state index in [1.54, 1.807) is 0 Å². The standard InChI is InChI=1S/C5H5N5O.C3H9N/c6-5-9-3-2(4(11)10-5)7-1-8-3;1-4(2)3/h1H,(H4,6,7,8,9,10,11);1-3H3. The van der Waals surface area contributed by atoms with Crippen LogP contribution in [0.5, 0.6) is 0 Å². The van der Waals surface area contributed by atoms with Gasteiger partial charge in [0.1, 0.15) is 0 Å². The minimum Gasteiger partial charge on any atom is -0.369 e. The lowest BCUT2D eigenvalue weighted by atomic mass is 10.5. The summed E-state index contributed by atoms with van der Waals surface area (Å²) in [5.41, 5.74) is 5.65. The molecule has 0 spiro atoms. The molecule has 0 aliphatic carbocycles. The van der Waals surface area contributed by atoms with Crippen LogP contribution < -0.4 is 11.3 Å². The Bertz CT molecular complexity index is 482. The molecule has 0 saturated heterocycles. The van der Waals surface area contributed by atoms with Crippen LogP contribution in [0, 0.1) is 0 Å². The zero-order valence-electron chi connectivity index (χ0n) is 8.90. The van der Waals surface area contributed by atoms with Crippen LogP contribution in [-0.4, -0.2) is 46.0 Å². The van der Waals surface area contributed by atoms with Gasteiger partial charge in [-0.05, 0) is 21.1 Å². The average molecular weight is 210 g/mol. The van der Waals surface area contributed by atoms with Gasteiger partial charge in [-0.3, -0.25) is 9.78 Å². The largest absolute Gasteiger partial charge is 0.369 e. The zero-order chi connectivity index (χ0) is 11.4. The number of hydrogen-bond donors (Lipinski definition) is 3. The van der Waals surface area contributed by atoms with Crippen molar-refractivity contribution in [3.8, 4) is 0 Å². The monoisotopic (exact) mass is 210 g/mol. The summed E-state index contributed by atoms with van der Waals surface area (Å²) >= 11 is 0. The summed E-state index contributed by atoms with van der Waals surface area (Å²) < 4.78 is 0. The van der Waals surface area contributed by atoms with Gasteiger partial charge < -0.3 is 15.6 Å². The van der Waals surface area contributed by atoms with Gasteiger partial charge in [-0.1, -0.05) is 0 Å². The number of fused-ring (bicyclic) bond motifs is 1. The Morgan fingerprint density at radius 3 is 2.60 bits per heavy atom. The molecule has 0 bridgehead atoms. The Morgan fingerprint density at radius 2 is 2.00 bits per heavy atom. The predicted molar refractivity (Wildman–Crippen MR) is 58.5 cm³/mol. The van der Waals surface area contributed by atoms with E-state index >= 15 is 0 Å². The summed E-state index contributed by atoms with van der Waals surface area (Å²) in [4.78, 5) is 25.5. The first-order valence-corrected chi connectivity index (χ1v) is 4.30. The molecule has 0 aliphatic rings. The molecule has 4 N–H and O–H groups in total. The van der Waals surface area contributed by atoms with Gasteiger partial charge in [-0.15, -0.1) is 0 Å². The number of imidazole rings is 1. The number of hydrogen-bond acceptors (Lipinski definition) is 5. The lowest BCUT2D eigenvalue weighted by Crippen LogP contribution is -2.10. The van der Waals surface area contributed by atoms with Crippen molar-refractivity contribution < 1.29 is 0 Å². The minimum absolute atomic E-state index is 0.0783. The Balaban J connectivity index is 0.000000245. The van der Waals surface area contributed by atoms with E-state index in [0.717, 1.165) is 0 Å². The summed E-state index contributed by atoms with van der Waals surface area (Å²) in [5.74, 6) is 0.0783. The van der Waals surface area contributed by atoms with E-state index in [-0.39, 0.29) is 11.5 Å². The van der Waals surface area contributed by atoms with E-state index in [1.165, 1.54) is 6.33 Å². The molecule has 0 fully saturated rings. The lowest BCUT2D eigenvalue weighted by molar-refractivity contribution is 0.505. The Morgan fingerprint density at radius 1 is 1.40 bits per heavy atom. The first-order chi connectivity index (χ1) is 7.00. The molecule has 0 saturated carbocycles. The van der Waals surface area contributed by atoms with E-state index in [4.69, 9.17) is 5.73 Å². The number of nitrogens with two attached hydrogens (primary N) is 1. The van der Waals surface area contributed by atoms with Crippen molar-refractivity contribution in [3.05, 3.63) is 16.7 Å². The van der Waals surface area contributed by atoms with Crippen LogP contribution in [0.25, 0.3) is 11.2 Å². The van der Waals surface area contributed by atoms with Crippen molar-refractivity contribution in [2.45, 2.75) is 0 Å². The highest BCUT2D eigenvalue weighted by atomic mass is 16.1. The van der Waals surface area contributed by atoms with E-state index in [9.17, 15) is 4.79 Å². The molecule has 7 heteroatoms. The lowest BCUT2D eigenvalue weighted by Gasteiger charge is -1.90. The molecule has 0 radical (unpaired) electrons. The third-order valence-electron chi connectivity index (χ3n) is 1.31. The summed E-state index contributed by atoms with van der Waals surface area (Å²) in [6.07, 6.45) is 1.40. The summed E-state index contributed by atoms with van der Waals surface area (Å²) in [6, 6.07) is 0. The highest BCUT2D eigenvalue weighted by Gasteiger charge is 2.01. The molecule has 0 aliphatic heterocycles. The number of rotatable bonds is 0. The van der Waals surface area contributed by atoms with Crippen LogP contribution in [0.1, 0.15) is 0 Å². The maximum absolute atomic E-state index is 11.0. The van der Waals surface area contributed by atoms with Gasteiger partial charge in [-0.2, -0.15) is 4.98 Å². The number of anilines is 1. The fraction of sp³-hybridized carbons (Fsp3) is 0.375. The Hall–Kier alpha value is -1.89. The molecule has 82 valence electrons. The van der Waals surface area contributed by atoms with Gasteiger partial charge in [-0.25, -0.2) is 4.98 Å². The summed E-state index contributed by atoms with van der Waals surface area (Å²) in [7, 11) is 6.00. The van der Waals surface area contributed by atoms with Gasteiger partial charge in [0.05, 0.1) is 6.33 Å². The third kappa shape index (κ3) is 3.06. The molecule has 0 amide bonds. The van der Waals surface area contributed by atoms with Crippen molar-refractivity contribution in [1.82, 2.24) is 24.8 Å². The van der Waals surface area contributed by atoms with Crippen molar-refractivity contribution in [1.29, 1.82) is 0 Å². The number of aromatic nitrogens is 4. The Kier molecular flexibility index (Phi) is 3.40. The summed E-state index contributed by atoms with van der Waals surface area (Å²) in [6.45, 7) is 0. The number of nitrogens with one attached hydrogen (secondary N) is 2. The van der Waals surface area contributed by atoms with Crippen LogP contribution in [-0.2, 0) is 0 Å². The predicted octanol–water partition coefficient (Wildman–Crippen LogP) is -0.594. The molecule has 0 aromatic carbocycles. The van der Waals surface area contributed by atoms with Gasteiger partial charge in [0.25, 0.3) is 5.56 Å². The summed E-state index contributed by atoms with van der Waals surface area (Å²) in [5, 5.41) is 0. The van der Waals surface area contributed by atoms with Crippen LogP contribution in [0.4, 0.5) is 5.95 Å². The second kappa shape index (κ2) is 4.56. The number of nitrogens with zero attached hydrogens (tertiary/aromatic N) is 3. The second-order valence-electron chi connectivity index (χ2n) is 3.39. The molecule has 0 atom stereocenters. The van der Waals surface area contributed by atoms with Crippen molar-refractivity contribution >= 4 is 17.1 Å². The van der Waals surface area contributed by atoms with E-state index < -0.39 is 0 Å². The molecule has 2 aromatic heterocycles. The fourth-order valence-corrected chi connectivity index (χ4v) is 0.860. The Labute approximate surface area is 86.3 Å². The van der Waals surface area contributed by atoms with Gasteiger partial charge >= 0.3 is 0 Å². The first kappa shape index (κ1) is 11.2. The van der Waals surface area contributed by atoms with Gasteiger partial charge in [0, 0.05) is 0 Å². The number of nitrogen functional groups attached to an aromatic ring is 1. The van der Waals surface area contributed by atoms with Crippen molar-refractivity contribution in [3.63, 3.8) is 0 Å². The van der Waals surface area contributed by atoms with Crippen LogP contribution in [0.2, 0.25) is 0 Å². The van der Waals surface area contributed by atoms with Crippen LogP contribution in [0.3, 0.4) is 0 Å². The third-order valence-corrected chi connectivity index (χ3v) is 1.31. The molecule has 2 aromatic rings. The van der Waals surface area contributed by atoms with E-state index in [0.29, 0.717) is 11.2 Å². The number of aromatic amines is 2. The quantitative estimate of drug-likeness (QED) is 0.539. The number of H-pyrrole nitrogens is 2. The first-order valence-electron chi connectivity index (χ1n) is 4.30. The topological polar surface area (TPSA) is 104 Å². The SMILES string of the molecule is CN(C)C.Nc1nc2nc[nH]c2c(=O)[nH]1. The smallest absolute Gasteiger partial charge is 0.278 e. The normalized spacial score (nSPS) is 10.1. The minimum atomic E-state index is -0.301. The fourth-order valence-electron chi connectivity index (χ4n) is 0.860. The maximum atomic E-state index is 11.0. The average Bonchev–Trinajstić information content (AvgIpc) is 2.50. The second-order valence-corrected chi connectivity index (χ2v) is 3.39. The van der Waals surface area contributed by atoms with Crippen molar-refractivity contribution in [2.75, 3.05) is 26.9 Å². The molecule has 2 rings (SSSR count). The highest BCUT2D eigenvalue weighted by Crippen LogP contribution is 1.98. The van der Waals surface area contributed by atoms with Crippen molar-refractivity contribution in [2.24, 2.45) is 0 Å².